The van der Waals surface area contributed by atoms with Crippen molar-refractivity contribution in [3.63, 3.8) is 0 Å². The van der Waals surface area contributed by atoms with Gasteiger partial charge >= 0.3 is 0 Å². The standard InChI is InChI=1S/C22H21N3O7/c1-3-30-19-13-17(24-22(27)18-6-5-11-32-18)20(31-4-2)12-16(19)23-21(26)14-7-9-15(10-8-14)25(28)29/h5-13H,3-4H2,1-2H3,(H,23,26)(H,24,27). The fraction of sp³-hybridized carbons (Fsp3) is 0.182. The number of non-ortho nitro benzene ring substituents is 1. The third kappa shape index (κ3) is 5.22. The first-order chi connectivity index (χ1) is 15.4. The van der Waals surface area contributed by atoms with Crippen molar-refractivity contribution in [2.75, 3.05) is 23.8 Å². The molecule has 10 nitrogen and oxygen atoms in total. The van der Waals surface area contributed by atoms with Gasteiger partial charge in [0.25, 0.3) is 17.5 Å². The van der Waals surface area contributed by atoms with Crippen LogP contribution in [-0.2, 0) is 0 Å². The van der Waals surface area contributed by atoms with Gasteiger partial charge in [-0.15, -0.1) is 0 Å². The molecule has 3 aromatic rings. The van der Waals surface area contributed by atoms with E-state index in [9.17, 15) is 19.7 Å². The van der Waals surface area contributed by atoms with Crippen LogP contribution >= 0.6 is 0 Å². The van der Waals surface area contributed by atoms with Crippen molar-refractivity contribution in [1.82, 2.24) is 0 Å². The third-order valence-corrected chi connectivity index (χ3v) is 4.26. The average molecular weight is 439 g/mol. The molecule has 0 unspecified atom stereocenters. The minimum Gasteiger partial charge on any atom is -0.492 e. The van der Waals surface area contributed by atoms with Crippen molar-refractivity contribution in [3.05, 3.63) is 76.2 Å². The van der Waals surface area contributed by atoms with Gasteiger partial charge in [-0.3, -0.25) is 19.7 Å². The van der Waals surface area contributed by atoms with Gasteiger partial charge in [0.1, 0.15) is 11.5 Å². The van der Waals surface area contributed by atoms with Gasteiger partial charge < -0.3 is 24.5 Å². The Hall–Kier alpha value is -4.34. The van der Waals surface area contributed by atoms with Crippen LogP contribution in [0, 0.1) is 10.1 Å². The monoisotopic (exact) mass is 439 g/mol. The fourth-order valence-corrected chi connectivity index (χ4v) is 2.83. The number of carbonyl (C=O) groups excluding carboxylic acids is 2. The first-order valence-electron chi connectivity index (χ1n) is 9.77. The van der Waals surface area contributed by atoms with Crippen LogP contribution in [0.15, 0.2) is 59.2 Å². The molecule has 1 aromatic heterocycles. The number of hydrogen-bond acceptors (Lipinski definition) is 7. The van der Waals surface area contributed by atoms with Gasteiger partial charge in [-0.05, 0) is 38.1 Å². The molecule has 2 N–H and O–H groups in total. The van der Waals surface area contributed by atoms with Crippen LogP contribution in [0.25, 0.3) is 0 Å². The van der Waals surface area contributed by atoms with Gasteiger partial charge in [0.15, 0.2) is 5.76 Å². The van der Waals surface area contributed by atoms with E-state index < -0.39 is 16.7 Å². The zero-order chi connectivity index (χ0) is 23.1. The number of rotatable bonds is 9. The molecule has 0 bridgehead atoms. The van der Waals surface area contributed by atoms with Gasteiger partial charge in [0.05, 0.1) is 35.8 Å². The molecule has 10 heteroatoms. The van der Waals surface area contributed by atoms with Gasteiger partial charge in [0, 0.05) is 29.8 Å². The Balaban J connectivity index is 1.90. The van der Waals surface area contributed by atoms with Crippen LogP contribution in [0.2, 0.25) is 0 Å². The first-order valence-corrected chi connectivity index (χ1v) is 9.77. The summed E-state index contributed by atoms with van der Waals surface area (Å²) in [5.41, 5.74) is 0.762. The number of furan rings is 1. The molecule has 32 heavy (non-hydrogen) atoms. The normalized spacial score (nSPS) is 10.3. The van der Waals surface area contributed by atoms with E-state index >= 15 is 0 Å². The molecular weight excluding hydrogens is 418 g/mol. The van der Waals surface area contributed by atoms with E-state index in [-0.39, 0.29) is 17.0 Å². The van der Waals surface area contributed by atoms with Gasteiger partial charge in [-0.2, -0.15) is 0 Å². The van der Waals surface area contributed by atoms with Crippen molar-refractivity contribution < 1.29 is 28.4 Å². The van der Waals surface area contributed by atoms with Crippen LogP contribution in [-0.4, -0.2) is 30.0 Å². The lowest BCUT2D eigenvalue weighted by Crippen LogP contribution is -2.15. The van der Waals surface area contributed by atoms with E-state index in [0.29, 0.717) is 36.1 Å². The first kappa shape index (κ1) is 22.3. The number of benzene rings is 2. The summed E-state index contributed by atoms with van der Waals surface area (Å²) in [6.07, 6.45) is 1.39. The van der Waals surface area contributed by atoms with Crippen LogP contribution in [0.1, 0.15) is 34.8 Å². The second kappa shape index (κ2) is 10.1. The smallest absolute Gasteiger partial charge is 0.291 e. The third-order valence-electron chi connectivity index (χ3n) is 4.26. The van der Waals surface area contributed by atoms with E-state index in [2.05, 4.69) is 10.6 Å². The molecule has 0 aliphatic rings. The van der Waals surface area contributed by atoms with Crippen molar-refractivity contribution >= 4 is 28.9 Å². The maximum Gasteiger partial charge on any atom is 0.291 e. The summed E-state index contributed by atoms with van der Waals surface area (Å²) >= 11 is 0. The molecule has 0 atom stereocenters. The van der Waals surface area contributed by atoms with Crippen LogP contribution < -0.4 is 20.1 Å². The maximum atomic E-state index is 12.7. The number of nitrogens with one attached hydrogen (secondary N) is 2. The Morgan fingerprint density at radius 3 is 1.97 bits per heavy atom. The zero-order valence-corrected chi connectivity index (χ0v) is 17.4. The Labute approximate surface area is 183 Å². The minimum absolute atomic E-state index is 0.119. The minimum atomic E-state index is -0.543. The second-order valence-electron chi connectivity index (χ2n) is 6.40. The Bertz CT molecular complexity index is 1110. The number of carbonyl (C=O) groups is 2. The van der Waals surface area contributed by atoms with Crippen molar-refractivity contribution in [1.29, 1.82) is 0 Å². The summed E-state index contributed by atoms with van der Waals surface area (Å²) in [7, 11) is 0. The van der Waals surface area contributed by atoms with Crippen LogP contribution in [0.3, 0.4) is 0 Å². The van der Waals surface area contributed by atoms with Crippen molar-refractivity contribution in [2.24, 2.45) is 0 Å². The SMILES string of the molecule is CCOc1cc(NC(=O)c2ccco2)c(OCC)cc1NC(=O)c1ccc([N+](=O)[O-])cc1. The van der Waals surface area contributed by atoms with Crippen LogP contribution in [0.4, 0.5) is 17.1 Å². The molecule has 0 radical (unpaired) electrons. The molecular formula is C22H21N3O7. The number of ether oxygens (including phenoxy) is 2. The van der Waals surface area contributed by atoms with Gasteiger partial charge in [-0.1, -0.05) is 0 Å². The van der Waals surface area contributed by atoms with E-state index in [1.807, 2.05) is 0 Å². The molecule has 0 aliphatic carbocycles. The zero-order valence-electron chi connectivity index (χ0n) is 17.4. The lowest BCUT2D eigenvalue weighted by Gasteiger charge is -2.17. The summed E-state index contributed by atoms with van der Waals surface area (Å²) in [6, 6.07) is 11.4. The van der Waals surface area contributed by atoms with Gasteiger partial charge in [-0.25, -0.2) is 0 Å². The molecule has 166 valence electrons. The molecule has 2 aromatic carbocycles. The average Bonchev–Trinajstić information content (AvgIpc) is 3.32. The highest BCUT2D eigenvalue weighted by Gasteiger charge is 2.18. The highest BCUT2D eigenvalue weighted by atomic mass is 16.6. The molecule has 0 saturated heterocycles. The predicted octanol–water partition coefficient (Wildman–Crippen LogP) is 4.49. The van der Waals surface area contributed by atoms with E-state index in [1.54, 1.807) is 26.0 Å². The Morgan fingerprint density at radius 2 is 1.50 bits per heavy atom. The van der Waals surface area contributed by atoms with E-state index in [4.69, 9.17) is 13.9 Å². The van der Waals surface area contributed by atoms with Gasteiger partial charge in [0.2, 0.25) is 0 Å². The number of nitro benzene ring substituents is 1. The van der Waals surface area contributed by atoms with E-state index in [1.165, 1.54) is 42.7 Å². The lowest BCUT2D eigenvalue weighted by atomic mass is 10.1. The van der Waals surface area contributed by atoms with Crippen molar-refractivity contribution in [3.8, 4) is 11.5 Å². The quantitative estimate of drug-likeness (QED) is 0.371. The van der Waals surface area contributed by atoms with E-state index in [0.717, 1.165) is 0 Å². The molecule has 0 saturated carbocycles. The number of nitro groups is 1. The molecule has 0 fully saturated rings. The topological polar surface area (TPSA) is 133 Å². The molecule has 2 amide bonds. The summed E-state index contributed by atoms with van der Waals surface area (Å²) in [4.78, 5) is 35.4. The number of hydrogen-bond donors (Lipinski definition) is 2. The Morgan fingerprint density at radius 1 is 0.938 bits per heavy atom. The van der Waals surface area contributed by atoms with Crippen molar-refractivity contribution in [2.45, 2.75) is 13.8 Å². The second-order valence-corrected chi connectivity index (χ2v) is 6.40. The molecule has 0 aliphatic heterocycles. The summed E-state index contributed by atoms with van der Waals surface area (Å²) in [6.45, 7) is 4.18. The lowest BCUT2D eigenvalue weighted by molar-refractivity contribution is -0.384. The summed E-state index contributed by atoms with van der Waals surface area (Å²) in [5.74, 6) is -0.214. The molecule has 3 rings (SSSR count). The maximum absolute atomic E-state index is 12.7. The largest absolute Gasteiger partial charge is 0.492 e. The molecule has 1 heterocycles. The molecule has 0 spiro atoms. The highest BCUT2D eigenvalue weighted by molar-refractivity contribution is 6.06. The number of anilines is 2. The number of amides is 2. The number of nitrogens with zero attached hydrogens (tertiary/aromatic N) is 1. The predicted molar refractivity (Wildman–Crippen MR) is 116 cm³/mol. The highest BCUT2D eigenvalue weighted by Crippen LogP contribution is 2.37. The summed E-state index contributed by atoms with van der Waals surface area (Å²) < 4.78 is 16.4. The summed E-state index contributed by atoms with van der Waals surface area (Å²) in [5, 5.41) is 16.2. The fourth-order valence-electron chi connectivity index (χ4n) is 2.83. The Kier molecular flexibility index (Phi) is 7.06. The van der Waals surface area contributed by atoms with Crippen LogP contribution in [0.5, 0.6) is 11.5 Å².